The van der Waals surface area contributed by atoms with Crippen LogP contribution in [-0.4, -0.2) is 32.3 Å². The van der Waals surface area contributed by atoms with E-state index in [0.717, 1.165) is 17.1 Å². The molecule has 2 aromatic carbocycles. The van der Waals surface area contributed by atoms with Crippen molar-refractivity contribution in [1.82, 2.24) is 10.6 Å². The second kappa shape index (κ2) is 9.87. The molecule has 1 aliphatic heterocycles. The van der Waals surface area contributed by atoms with Gasteiger partial charge in [0.15, 0.2) is 17.5 Å². The third kappa shape index (κ3) is 5.26. The highest BCUT2D eigenvalue weighted by atomic mass is 127. The molecule has 6 nitrogen and oxygen atoms in total. The van der Waals surface area contributed by atoms with Gasteiger partial charge in [-0.2, -0.15) is 5.26 Å². The van der Waals surface area contributed by atoms with Gasteiger partial charge in [-0.15, -0.1) is 24.0 Å². The average Bonchev–Trinajstić information content (AvgIpc) is 2.68. The highest BCUT2D eigenvalue weighted by Gasteiger charge is 2.20. The van der Waals surface area contributed by atoms with Gasteiger partial charge in [0.05, 0.1) is 18.2 Å². The predicted molar refractivity (Wildman–Crippen MR) is 111 cm³/mol. The molecule has 2 N–H and O–H groups in total. The quantitative estimate of drug-likeness (QED) is 0.414. The Balaban J connectivity index is 0.00000243. The first kappa shape index (κ1) is 19.8. The first-order valence-electron chi connectivity index (χ1n) is 8.10. The molecule has 0 saturated heterocycles. The molecule has 0 spiro atoms. The molecule has 0 amide bonds. The van der Waals surface area contributed by atoms with Crippen LogP contribution in [0, 0.1) is 11.3 Å². The topological polar surface area (TPSA) is 78.7 Å². The number of nitrogens with zero attached hydrogens (tertiary/aromatic N) is 2. The van der Waals surface area contributed by atoms with E-state index < -0.39 is 0 Å². The van der Waals surface area contributed by atoms with Crippen molar-refractivity contribution in [2.45, 2.75) is 12.6 Å². The molecule has 26 heavy (non-hydrogen) atoms. The van der Waals surface area contributed by atoms with Crippen LogP contribution in [0.25, 0.3) is 0 Å². The molecule has 0 fully saturated rings. The van der Waals surface area contributed by atoms with Gasteiger partial charge in [-0.3, -0.25) is 4.99 Å². The lowest BCUT2D eigenvalue weighted by Crippen LogP contribution is -2.45. The number of hydrogen-bond acceptors (Lipinski definition) is 4. The summed E-state index contributed by atoms with van der Waals surface area (Å²) in [6.07, 6.45) is -0.0802. The summed E-state index contributed by atoms with van der Waals surface area (Å²) in [4.78, 5) is 4.21. The second-order valence-electron chi connectivity index (χ2n) is 5.61. The van der Waals surface area contributed by atoms with Gasteiger partial charge in [0.25, 0.3) is 0 Å². The molecular formula is C19H21IN4O2. The summed E-state index contributed by atoms with van der Waals surface area (Å²) in [6, 6.07) is 17.2. The summed E-state index contributed by atoms with van der Waals surface area (Å²) < 4.78 is 11.6. The fourth-order valence-corrected chi connectivity index (χ4v) is 2.48. The summed E-state index contributed by atoms with van der Waals surface area (Å²) in [5.74, 6) is 2.23. The van der Waals surface area contributed by atoms with E-state index in [1.165, 1.54) is 0 Å². The molecule has 0 radical (unpaired) electrons. The minimum absolute atomic E-state index is 0. The van der Waals surface area contributed by atoms with Gasteiger partial charge in [0.2, 0.25) is 0 Å². The van der Waals surface area contributed by atoms with E-state index in [1.54, 1.807) is 19.2 Å². The first-order chi connectivity index (χ1) is 12.3. The van der Waals surface area contributed by atoms with Gasteiger partial charge in [0, 0.05) is 13.6 Å². The molecule has 1 unspecified atom stereocenters. The van der Waals surface area contributed by atoms with Crippen LogP contribution >= 0.6 is 24.0 Å². The molecular weight excluding hydrogens is 443 g/mol. The van der Waals surface area contributed by atoms with Crippen LogP contribution in [0.5, 0.6) is 11.5 Å². The number of nitrogens with one attached hydrogen (secondary N) is 2. The van der Waals surface area contributed by atoms with Crippen molar-refractivity contribution in [2.75, 3.05) is 20.2 Å². The molecule has 0 bridgehead atoms. The number of ether oxygens (including phenoxy) is 2. The number of benzene rings is 2. The number of para-hydroxylation sites is 2. The maximum Gasteiger partial charge on any atom is 0.191 e. The smallest absolute Gasteiger partial charge is 0.191 e. The zero-order chi connectivity index (χ0) is 17.5. The lowest BCUT2D eigenvalue weighted by atomic mass is 10.1. The Morgan fingerprint density at radius 3 is 2.58 bits per heavy atom. The van der Waals surface area contributed by atoms with Crippen molar-refractivity contribution in [1.29, 1.82) is 5.26 Å². The van der Waals surface area contributed by atoms with Crippen molar-refractivity contribution in [3.8, 4) is 17.6 Å². The van der Waals surface area contributed by atoms with E-state index in [9.17, 15) is 0 Å². The molecule has 1 atom stereocenters. The zero-order valence-corrected chi connectivity index (χ0v) is 16.8. The van der Waals surface area contributed by atoms with Gasteiger partial charge in [-0.05, 0) is 29.8 Å². The zero-order valence-electron chi connectivity index (χ0n) is 14.4. The molecule has 0 aromatic heterocycles. The Morgan fingerprint density at radius 2 is 1.88 bits per heavy atom. The Hall–Kier alpha value is -2.47. The Morgan fingerprint density at radius 1 is 1.15 bits per heavy atom. The maximum absolute atomic E-state index is 8.82. The lowest BCUT2D eigenvalue weighted by molar-refractivity contribution is 0.0936. The minimum Gasteiger partial charge on any atom is -0.486 e. The van der Waals surface area contributed by atoms with Crippen molar-refractivity contribution in [2.24, 2.45) is 4.99 Å². The summed E-state index contributed by atoms with van der Waals surface area (Å²) >= 11 is 0. The number of rotatable bonds is 4. The van der Waals surface area contributed by atoms with Crippen LogP contribution in [0.2, 0.25) is 0 Å². The molecule has 0 saturated carbocycles. The number of nitriles is 1. The first-order valence-corrected chi connectivity index (χ1v) is 8.10. The third-order valence-electron chi connectivity index (χ3n) is 3.83. The van der Waals surface area contributed by atoms with Crippen molar-refractivity contribution >= 4 is 29.9 Å². The van der Waals surface area contributed by atoms with Crippen molar-refractivity contribution < 1.29 is 9.47 Å². The maximum atomic E-state index is 8.82. The molecule has 1 heterocycles. The Bertz CT molecular complexity index is 787. The van der Waals surface area contributed by atoms with Crippen molar-refractivity contribution in [3.05, 3.63) is 59.7 Å². The molecule has 136 valence electrons. The van der Waals surface area contributed by atoms with E-state index in [0.29, 0.717) is 31.2 Å². The van der Waals surface area contributed by atoms with E-state index >= 15 is 0 Å². The second-order valence-corrected chi connectivity index (χ2v) is 5.61. The van der Waals surface area contributed by atoms with Crippen LogP contribution < -0.4 is 20.1 Å². The monoisotopic (exact) mass is 464 g/mol. The molecule has 3 rings (SSSR count). The molecule has 7 heteroatoms. The van der Waals surface area contributed by atoms with Crippen LogP contribution in [0.1, 0.15) is 11.1 Å². The van der Waals surface area contributed by atoms with Gasteiger partial charge in [0.1, 0.15) is 12.7 Å². The number of aliphatic imine (C=N–C) groups is 1. The summed E-state index contributed by atoms with van der Waals surface area (Å²) in [5.41, 5.74) is 1.73. The number of guanidine groups is 1. The third-order valence-corrected chi connectivity index (χ3v) is 3.83. The number of halogens is 1. The predicted octanol–water partition coefficient (Wildman–Crippen LogP) is 2.68. The summed E-state index contributed by atoms with van der Waals surface area (Å²) in [5, 5.41) is 15.3. The Labute approximate surface area is 170 Å². The van der Waals surface area contributed by atoms with Gasteiger partial charge < -0.3 is 20.1 Å². The van der Waals surface area contributed by atoms with Gasteiger partial charge in [-0.25, -0.2) is 0 Å². The molecule has 0 aliphatic carbocycles. The van der Waals surface area contributed by atoms with Crippen LogP contribution in [0.3, 0.4) is 0 Å². The minimum atomic E-state index is -0.0802. The van der Waals surface area contributed by atoms with Crippen LogP contribution in [0.4, 0.5) is 0 Å². The van der Waals surface area contributed by atoms with E-state index in [-0.39, 0.29) is 30.1 Å². The van der Waals surface area contributed by atoms with Gasteiger partial charge in [-0.1, -0.05) is 24.3 Å². The molecule has 2 aromatic rings. The lowest BCUT2D eigenvalue weighted by Gasteiger charge is -2.27. The van der Waals surface area contributed by atoms with E-state index in [4.69, 9.17) is 14.7 Å². The van der Waals surface area contributed by atoms with Gasteiger partial charge >= 0.3 is 0 Å². The average molecular weight is 464 g/mol. The Kier molecular flexibility index (Phi) is 7.53. The van der Waals surface area contributed by atoms with Crippen LogP contribution in [0.15, 0.2) is 53.5 Å². The highest BCUT2D eigenvalue weighted by molar-refractivity contribution is 14.0. The summed E-state index contributed by atoms with van der Waals surface area (Å²) in [7, 11) is 1.72. The molecule has 1 aliphatic rings. The van der Waals surface area contributed by atoms with Crippen molar-refractivity contribution in [3.63, 3.8) is 0 Å². The van der Waals surface area contributed by atoms with E-state index in [2.05, 4.69) is 21.7 Å². The van der Waals surface area contributed by atoms with Crippen LogP contribution in [-0.2, 0) is 6.54 Å². The SMILES string of the molecule is CN=C(NCc1ccc(C#N)cc1)NCC1COc2ccccc2O1.I. The number of fused-ring (bicyclic) bond motifs is 1. The largest absolute Gasteiger partial charge is 0.486 e. The fraction of sp³-hybridized carbons (Fsp3) is 0.263. The fourth-order valence-electron chi connectivity index (χ4n) is 2.48. The number of hydrogen-bond donors (Lipinski definition) is 2. The van der Waals surface area contributed by atoms with E-state index in [1.807, 2.05) is 36.4 Å². The summed E-state index contributed by atoms with van der Waals surface area (Å²) in [6.45, 7) is 1.70. The highest BCUT2D eigenvalue weighted by Crippen LogP contribution is 2.30. The standard InChI is InChI=1S/C19H20N4O2.HI/c1-21-19(22-11-15-8-6-14(10-20)7-9-15)23-12-16-13-24-17-4-2-3-5-18(17)25-16;/h2-9,16H,11-13H2,1H3,(H2,21,22,23);1H. The normalized spacial score (nSPS) is 15.4.